The largest absolute Gasteiger partial charge is 0.497 e. The van der Waals surface area contributed by atoms with Crippen LogP contribution in [-0.4, -0.2) is 18.0 Å². The Morgan fingerprint density at radius 3 is 2.89 bits per heavy atom. The summed E-state index contributed by atoms with van der Waals surface area (Å²) in [5.41, 5.74) is 1.91. The lowest BCUT2D eigenvalue weighted by Crippen LogP contribution is -2.12. The molecule has 2 rings (SSSR count). The molecule has 1 heterocycles. The average molecular weight is 277 g/mol. The van der Waals surface area contributed by atoms with Gasteiger partial charge in [-0.15, -0.1) is 0 Å². The van der Waals surface area contributed by atoms with Gasteiger partial charge in [-0.05, 0) is 36.8 Å². The summed E-state index contributed by atoms with van der Waals surface area (Å²) in [4.78, 5) is 16.1. The van der Waals surface area contributed by atoms with Crippen molar-refractivity contribution in [3.05, 3.63) is 52.8 Å². The van der Waals surface area contributed by atoms with Crippen molar-refractivity contribution in [3.8, 4) is 5.75 Å². The van der Waals surface area contributed by atoms with Crippen LogP contribution in [-0.2, 0) is 0 Å². The van der Waals surface area contributed by atoms with Gasteiger partial charge in [0, 0.05) is 11.8 Å². The number of nitrogens with one attached hydrogen (secondary N) is 1. The second kappa shape index (κ2) is 5.71. The first-order chi connectivity index (χ1) is 9.10. The van der Waals surface area contributed by atoms with Crippen LogP contribution in [0.1, 0.15) is 15.9 Å². The maximum absolute atomic E-state index is 12.1. The van der Waals surface area contributed by atoms with Gasteiger partial charge < -0.3 is 10.1 Å². The van der Waals surface area contributed by atoms with Gasteiger partial charge in [-0.1, -0.05) is 17.7 Å². The van der Waals surface area contributed by atoms with Gasteiger partial charge in [-0.3, -0.25) is 4.79 Å². The number of rotatable bonds is 3. The third-order valence-corrected chi connectivity index (χ3v) is 2.86. The molecule has 0 spiro atoms. The smallest absolute Gasteiger partial charge is 0.255 e. The fraction of sp³-hybridized carbons (Fsp3) is 0.143. The molecule has 0 saturated heterocycles. The van der Waals surface area contributed by atoms with E-state index in [0.29, 0.717) is 17.0 Å². The number of aryl methyl sites for hydroxylation is 1. The first kappa shape index (κ1) is 13.4. The molecule has 0 fully saturated rings. The van der Waals surface area contributed by atoms with Gasteiger partial charge in [0.15, 0.2) is 5.15 Å². The summed E-state index contributed by atoms with van der Waals surface area (Å²) < 4.78 is 5.08. The zero-order chi connectivity index (χ0) is 13.8. The van der Waals surface area contributed by atoms with Gasteiger partial charge in [-0.2, -0.15) is 0 Å². The zero-order valence-corrected chi connectivity index (χ0v) is 11.4. The number of carbonyl (C=O) groups excluding carboxylic acids is 1. The quantitative estimate of drug-likeness (QED) is 0.875. The van der Waals surface area contributed by atoms with Gasteiger partial charge in [0.1, 0.15) is 5.75 Å². The number of hydrogen-bond donors (Lipinski definition) is 1. The average Bonchev–Trinajstić information content (AvgIpc) is 2.43. The van der Waals surface area contributed by atoms with E-state index in [1.807, 2.05) is 6.92 Å². The second-order valence-corrected chi connectivity index (χ2v) is 4.40. The Morgan fingerprint density at radius 1 is 1.37 bits per heavy atom. The van der Waals surface area contributed by atoms with Crippen molar-refractivity contribution >= 4 is 23.2 Å². The van der Waals surface area contributed by atoms with Crippen LogP contribution in [0.3, 0.4) is 0 Å². The minimum absolute atomic E-state index is 0.256. The van der Waals surface area contributed by atoms with Crippen LogP contribution >= 0.6 is 11.6 Å². The number of ether oxygens (including phenoxy) is 1. The summed E-state index contributed by atoms with van der Waals surface area (Å²) in [6, 6.07) is 8.66. The number of aromatic nitrogens is 1. The van der Waals surface area contributed by atoms with Gasteiger partial charge in [0.05, 0.1) is 12.8 Å². The Morgan fingerprint density at radius 2 is 2.16 bits per heavy atom. The molecule has 0 bridgehead atoms. The molecule has 0 saturated carbocycles. The van der Waals surface area contributed by atoms with Gasteiger partial charge >= 0.3 is 0 Å². The van der Waals surface area contributed by atoms with E-state index in [-0.39, 0.29) is 11.1 Å². The summed E-state index contributed by atoms with van der Waals surface area (Å²) in [6.07, 6.45) is 1.64. The topological polar surface area (TPSA) is 51.2 Å². The Kier molecular flexibility index (Phi) is 4.02. The maximum Gasteiger partial charge on any atom is 0.255 e. The highest BCUT2D eigenvalue weighted by molar-refractivity contribution is 6.32. The summed E-state index contributed by atoms with van der Waals surface area (Å²) in [5.74, 6) is 0.370. The van der Waals surface area contributed by atoms with Crippen molar-refractivity contribution in [1.29, 1.82) is 0 Å². The molecule has 5 heteroatoms. The van der Waals surface area contributed by atoms with Crippen LogP contribution < -0.4 is 10.1 Å². The van der Waals surface area contributed by atoms with Gasteiger partial charge in [0.2, 0.25) is 0 Å². The molecule has 1 aromatic carbocycles. The lowest BCUT2D eigenvalue weighted by Gasteiger charge is -2.08. The molecule has 0 aliphatic heterocycles. The summed E-state index contributed by atoms with van der Waals surface area (Å²) in [7, 11) is 1.55. The monoisotopic (exact) mass is 276 g/mol. The van der Waals surface area contributed by atoms with Crippen molar-refractivity contribution < 1.29 is 9.53 Å². The number of hydrogen-bond acceptors (Lipinski definition) is 3. The number of nitrogens with zero attached hydrogens (tertiary/aromatic N) is 1. The molecule has 0 unspecified atom stereocenters. The van der Waals surface area contributed by atoms with E-state index in [9.17, 15) is 4.79 Å². The van der Waals surface area contributed by atoms with E-state index < -0.39 is 0 Å². The van der Waals surface area contributed by atoms with Gasteiger partial charge in [-0.25, -0.2) is 4.98 Å². The van der Waals surface area contributed by atoms with E-state index in [0.717, 1.165) is 5.56 Å². The van der Waals surface area contributed by atoms with Crippen molar-refractivity contribution in [1.82, 2.24) is 4.98 Å². The molecule has 19 heavy (non-hydrogen) atoms. The van der Waals surface area contributed by atoms with Crippen molar-refractivity contribution in [2.24, 2.45) is 0 Å². The summed E-state index contributed by atoms with van der Waals surface area (Å²) in [6.45, 7) is 1.88. The normalized spacial score (nSPS) is 10.1. The minimum Gasteiger partial charge on any atom is -0.497 e. The summed E-state index contributed by atoms with van der Waals surface area (Å²) >= 11 is 5.94. The number of anilines is 1. The predicted molar refractivity (Wildman–Crippen MR) is 74.9 cm³/mol. The van der Waals surface area contributed by atoms with Crippen LogP contribution in [0.2, 0.25) is 5.15 Å². The zero-order valence-electron chi connectivity index (χ0n) is 10.6. The molecule has 98 valence electrons. The van der Waals surface area contributed by atoms with Gasteiger partial charge in [0.25, 0.3) is 5.91 Å². The number of methoxy groups -OCH3 is 1. The fourth-order valence-corrected chi connectivity index (χ4v) is 1.75. The lowest BCUT2D eigenvalue weighted by atomic mass is 10.2. The van der Waals surface area contributed by atoms with E-state index >= 15 is 0 Å². The molecule has 1 aromatic heterocycles. The molecule has 0 radical (unpaired) electrons. The van der Waals surface area contributed by atoms with E-state index in [1.165, 1.54) is 0 Å². The van der Waals surface area contributed by atoms with E-state index in [2.05, 4.69) is 10.3 Å². The Labute approximate surface area is 116 Å². The fourth-order valence-electron chi connectivity index (χ4n) is 1.60. The van der Waals surface area contributed by atoms with Crippen LogP contribution in [0.15, 0.2) is 36.5 Å². The summed E-state index contributed by atoms with van der Waals surface area (Å²) in [5, 5.41) is 3.00. The Hall–Kier alpha value is -2.07. The van der Waals surface area contributed by atoms with E-state index in [1.54, 1.807) is 43.6 Å². The molecule has 2 aromatic rings. The molecule has 1 N–H and O–H groups in total. The first-order valence-electron chi connectivity index (χ1n) is 5.67. The second-order valence-electron chi connectivity index (χ2n) is 4.04. The molecule has 0 aliphatic carbocycles. The SMILES string of the molecule is COc1cccc(C(=O)Nc2cc(C)cnc2Cl)c1. The third kappa shape index (κ3) is 3.23. The standard InChI is InChI=1S/C14H13ClN2O2/c1-9-6-12(13(15)16-8-9)17-14(18)10-4-3-5-11(7-10)19-2/h3-8H,1-2H3,(H,17,18). The molecular weight excluding hydrogens is 264 g/mol. The number of amides is 1. The Bertz CT molecular complexity index is 614. The predicted octanol–water partition coefficient (Wildman–Crippen LogP) is 3.30. The minimum atomic E-state index is -0.256. The molecule has 0 atom stereocenters. The molecule has 0 aliphatic rings. The number of pyridine rings is 1. The van der Waals surface area contributed by atoms with E-state index in [4.69, 9.17) is 16.3 Å². The van der Waals surface area contributed by atoms with Crippen LogP contribution in [0.4, 0.5) is 5.69 Å². The number of halogens is 1. The molecule has 1 amide bonds. The maximum atomic E-state index is 12.1. The van der Waals surface area contributed by atoms with Crippen molar-refractivity contribution in [2.75, 3.05) is 12.4 Å². The van der Waals surface area contributed by atoms with Crippen LogP contribution in [0, 0.1) is 6.92 Å². The highest BCUT2D eigenvalue weighted by atomic mass is 35.5. The lowest BCUT2D eigenvalue weighted by molar-refractivity contribution is 0.102. The highest BCUT2D eigenvalue weighted by Crippen LogP contribution is 2.21. The third-order valence-electron chi connectivity index (χ3n) is 2.56. The highest BCUT2D eigenvalue weighted by Gasteiger charge is 2.10. The van der Waals surface area contributed by atoms with Crippen LogP contribution in [0.5, 0.6) is 5.75 Å². The van der Waals surface area contributed by atoms with Crippen molar-refractivity contribution in [2.45, 2.75) is 6.92 Å². The molecular formula is C14H13ClN2O2. The first-order valence-corrected chi connectivity index (χ1v) is 6.05. The number of benzene rings is 1. The molecule has 4 nitrogen and oxygen atoms in total. The van der Waals surface area contributed by atoms with Crippen LogP contribution in [0.25, 0.3) is 0 Å². The number of carbonyl (C=O) groups is 1. The van der Waals surface area contributed by atoms with Crippen molar-refractivity contribution in [3.63, 3.8) is 0 Å². The Balaban J connectivity index is 2.22.